The number of amides is 1. The summed E-state index contributed by atoms with van der Waals surface area (Å²) in [5.74, 6) is 0.799. The van der Waals surface area contributed by atoms with Crippen molar-refractivity contribution in [3.8, 4) is 0 Å². The number of likely N-dealkylation sites (tertiary alicyclic amines) is 1. The third kappa shape index (κ3) is 4.93. The van der Waals surface area contributed by atoms with E-state index in [4.69, 9.17) is 11.6 Å². The molecule has 1 amide bonds. The van der Waals surface area contributed by atoms with Gasteiger partial charge in [0.15, 0.2) is 0 Å². The van der Waals surface area contributed by atoms with Crippen molar-refractivity contribution in [1.82, 2.24) is 15.5 Å². The molecule has 2 N–H and O–H groups in total. The van der Waals surface area contributed by atoms with Gasteiger partial charge in [-0.3, -0.25) is 9.69 Å². The van der Waals surface area contributed by atoms with Crippen molar-refractivity contribution in [2.24, 2.45) is 5.92 Å². The van der Waals surface area contributed by atoms with Gasteiger partial charge in [-0.2, -0.15) is 0 Å². The molecule has 3 rings (SSSR count). The molecule has 1 aromatic rings. The lowest BCUT2D eigenvalue weighted by atomic mass is 9.96. The molecule has 4 nitrogen and oxygen atoms in total. The molecule has 2 saturated heterocycles. The molecule has 1 atom stereocenters. The van der Waals surface area contributed by atoms with E-state index >= 15 is 0 Å². The van der Waals surface area contributed by atoms with Crippen LogP contribution in [0.25, 0.3) is 0 Å². The number of nitrogens with zero attached hydrogens (tertiary/aromatic N) is 1. The van der Waals surface area contributed by atoms with Crippen LogP contribution in [-0.2, 0) is 11.3 Å². The maximum atomic E-state index is 12.0. The second-order valence-corrected chi connectivity index (χ2v) is 7.18. The zero-order chi connectivity index (χ0) is 16.1. The first-order valence-electron chi connectivity index (χ1n) is 8.68. The number of nitrogens with one attached hydrogen (secondary N) is 2. The summed E-state index contributed by atoms with van der Waals surface area (Å²) in [5.41, 5.74) is 1.31. The molecule has 23 heavy (non-hydrogen) atoms. The van der Waals surface area contributed by atoms with Crippen LogP contribution in [0.2, 0.25) is 5.02 Å². The summed E-state index contributed by atoms with van der Waals surface area (Å²) in [5, 5.41) is 7.17. The molecule has 0 radical (unpaired) electrons. The molecule has 2 heterocycles. The topological polar surface area (TPSA) is 44.4 Å². The molecule has 126 valence electrons. The first-order valence-corrected chi connectivity index (χ1v) is 9.06. The second kappa shape index (κ2) is 8.13. The molecule has 0 saturated carbocycles. The fourth-order valence-corrected chi connectivity index (χ4v) is 3.60. The van der Waals surface area contributed by atoms with Crippen molar-refractivity contribution in [3.63, 3.8) is 0 Å². The zero-order valence-electron chi connectivity index (χ0n) is 13.6. The number of carbonyl (C=O) groups is 1. The van der Waals surface area contributed by atoms with E-state index in [1.165, 1.54) is 5.56 Å². The molecule has 2 aliphatic heterocycles. The third-order valence-corrected chi connectivity index (χ3v) is 5.22. The Balaban J connectivity index is 1.36. The van der Waals surface area contributed by atoms with Gasteiger partial charge in [-0.25, -0.2) is 0 Å². The normalized spacial score (nSPS) is 23.1. The van der Waals surface area contributed by atoms with Crippen LogP contribution in [0.1, 0.15) is 31.2 Å². The fraction of sp³-hybridized carbons (Fsp3) is 0.611. The predicted octanol–water partition coefficient (Wildman–Crippen LogP) is 2.42. The van der Waals surface area contributed by atoms with Gasteiger partial charge < -0.3 is 10.6 Å². The van der Waals surface area contributed by atoms with E-state index in [0.29, 0.717) is 5.92 Å². The van der Waals surface area contributed by atoms with Crippen molar-refractivity contribution < 1.29 is 4.79 Å². The van der Waals surface area contributed by atoms with Crippen LogP contribution >= 0.6 is 11.6 Å². The lowest BCUT2D eigenvalue weighted by Gasteiger charge is -2.32. The van der Waals surface area contributed by atoms with Crippen LogP contribution in [0.4, 0.5) is 0 Å². The summed E-state index contributed by atoms with van der Waals surface area (Å²) >= 11 is 5.93. The Kier molecular flexibility index (Phi) is 5.92. The first kappa shape index (κ1) is 16.7. The SMILES string of the molecule is O=C(NCC1CCN(Cc2ccc(Cl)cc2)CC1)[C@H]1CCCN1. The quantitative estimate of drug-likeness (QED) is 0.868. The molecular weight excluding hydrogens is 310 g/mol. The molecule has 1 aromatic carbocycles. The van der Waals surface area contributed by atoms with Crippen molar-refractivity contribution in [1.29, 1.82) is 0 Å². The van der Waals surface area contributed by atoms with Crippen LogP contribution in [-0.4, -0.2) is 43.0 Å². The Morgan fingerprint density at radius 3 is 2.61 bits per heavy atom. The molecule has 2 fully saturated rings. The van der Waals surface area contributed by atoms with Crippen molar-refractivity contribution in [3.05, 3.63) is 34.9 Å². The molecule has 0 bridgehead atoms. The van der Waals surface area contributed by atoms with Gasteiger partial charge in [-0.15, -0.1) is 0 Å². The van der Waals surface area contributed by atoms with Gasteiger partial charge in [0.05, 0.1) is 6.04 Å². The van der Waals surface area contributed by atoms with Gasteiger partial charge in [-0.1, -0.05) is 23.7 Å². The number of halogens is 1. The summed E-state index contributed by atoms with van der Waals surface area (Å²) in [7, 11) is 0. The van der Waals surface area contributed by atoms with E-state index < -0.39 is 0 Å². The Bertz CT molecular complexity index is 506. The highest BCUT2D eigenvalue weighted by Crippen LogP contribution is 2.19. The number of rotatable bonds is 5. The average molecular weight is 336 g/mol. The van der Waals surface area contributed by atoms with E-state index in [0.717, 1.165) is 63.4 Å². The smallest absolute Gasteiger partial charge is 0.237 e. The molecule has 0 aliphatic carbocycles. The highest BCUT2D eigenvalue weighted by atomic mass is 35.5. The van der Waals surface area contributed by atoms with E-state index in [9.17, 15) is 4.79 Å². The molecule has 0 unspecified atom stereocenters. The number of hydrogen-bond donors (Lipinski definition) is 2. The van der Waals surface area contributed by atoms with Gasteiger partial charge in [-0.05, 0) is 68.9 Å². The Morgan fingerprint density at radius 1 is 1.22 bits per heavy atom. The van der Waals surface area contributed by atoms with E-state index in [1.54, 1.807) is 0 Å². The largest absolute Gasteiger partial charge is 0.354 e. The third-order valence-electron chi connectivity index (χ3n) is 4.97. The maximum Gasteiger partial charge on any atom is 0.237 e. The Morgan fingerprint density at radius 2 is 1.96 bits per heavy atom. The van der Waals surface area contributed by atoms with Gasteiger partial charge >= 0.3 is 0 Å². The monoisotopic (exact) mass is 335 g/mol. The van der Waals surface area contributed by atoms with E-state index in [1.807, 2.05) is 12.1 Å². The lowest BCUT2D eigenvalue weighted by molar-refractivity contribution is -0.123. The summed E-state index contributed by atoms with van der Waals surface area (Å²) in [6, 6.07) is 8.15. The Labute approximate surface area is 143 Å². The van der Waals surface area contributed by atoms with Crippen LogP contribution < -0.4 is 10.6 Å². The van der Waals surface area contributed by atoms with Crippen molar-refractivity contribution in [2.75, 3.05) is 26.2 Å². The summed E-state index contributed by atoms with van der Waals surface area (Å²) in [4.78, 5) is 14.5. The van der Waals surface area contributed by atoms with Gasteiger partial charge in [0, 0.05) is 18.1 Å². The number of hydrogen-bond acceptors (Lipinski definition) is 3. The molecule has 0 spiro atoms. The van der Waals surface area contributed by atoms with Gasteiger partial charge in [0.25, 0.3) is 0 Å². The van der Waals surface area contributed by atoms with Crippen LogP contribution in [0.15, 0.2) is 24.3 Å². The molecular formula is C18H26ClN3O. The van der Waals surface area contributed by atoms with Crippen molar-refractivity contribution in [2.45, 2.75) is 38.3 Å². The highest BCUT2D eigenvalue weighted by molar-refractivity contribution is 6.30. The minimum Gasteiger partial charge on any atom is -0.354 e. The van der Waals surface area contributed by atoms with Gasteiger partial charge in [0.2, 0.25) is 5.91 Å². The molecule has 5 heteroatoms. The predicted molar refractivity (Wildman–Crippen MR) is 93.5 cm³/mol. The minimum absolute atomic E-state index is 0.0417. The minimum atomic E-state index is 0.0417. The Hall–Kier alpha value is -1.10. The van der Waals surface area contributed by atoms with Crippen LogP contribution in [0.5, 0.6) is 0 Å². The fourth-order valence-electron chi connectivity index (χ4n) is 3.47. The summed E-state index contributed by atoms with van der Waals surface area (Å²) in [6.07, 6.45) is 4.41. The summed E-state index contributed by atoms with van der Waals surface area (Å²) in [6.45, 7) is 4.99. The van der Waals surface area contributed by atoms with Gasteiger partial charge in [0.1, 0.15) is 0 Å². The molecule has 2 aliphatic rings. The first-order chi connectivity index (χ1) is 11.2. The van der Waals surface area contributed by atoms with Crippen molar-refractivity contribution >= 4 is 17.5 Å². The molecule has 0 aromatic heterocycles. The average Bonchev–Trinajstić information content (AvgIpc) is 3.11. The maximum absolute atomic E-state index is 12.0. The number of piperidine rings is 1. The zero-order valence-corrected chi connectivity index (χ0v) is 14.3. The van der Waals surface area contributed by atoms with Crippen LogP contribution in [0, 0.1) is 5.92 Å². The summed E-state index contributed by atoms with van der Waals surface area (Å²) < 4.78 is 0. The van der Waals surface area contributed by atoms with E-state index in [2.05, 4.69) is 27.7 Å². The number of benzene rings is 1. The lowest BCUT2D eigenvalue weighted by Crippen LogP contribution is -2.44. The second-order valence-electron chi connectivity index (χ2n) is 6.74. The highest BCUT2D eigenvalue weighted by Gasteiger charge is 2.24. The van der Waals surface area contributed by atoms with Crippen LogP contribution in [0.3, 0.4) is 0 Å². The standard InChI is InChI=1S/C18H26ClN3O/c19-16-5-3-15(4-6-16)13-22-10-7-14(8-11-22)12-21-18(23)17-2-1-9-20-17/h3-6,14,17,20H,1-2,7-13H2,(H,21,23)/t17-/m1/s1. The number of carbonyl (C=O) groups excluding carboxylic acids is 1. The van der Waals surface area contributed by atoms with E-state index in [-0.39, 0.29) is 11.9 Å².